The highest BCUT2D eigenvalue weighted by atomic mass is 127. The van der Waals surface area contributed by atoms with Crippen molar-refractivity contribution in [3.63, 3.8) is 0 Å². The maximum atomic E-state index is 12.8. The van der Waals surface area contributed by atoms with Crippen LogP contribution >= 0.6 is 22.6 Å². The van der Waals surface area contributed by atoms with Gasteiger partial charge in [0.1, 0.15) is 0 Å². The van der Waals surface area contributed by atoms with Gasteiger partial charge in [-0.3, -0.25) is 4.79 Å². The van der Waals surface area contributed by atoms with Crippen LogP contribution < -0.4 is 5.32 Å². The van der Waals surface area contributed by atoms with E-state index in [0.717, 1.165) is 20.3 Å². The zero-order chi connectivity index (χ0) is 17.3. The predicted molar refractivity (Wildman–Crippen MR) is 108 cm³/mol. The fraction of sp³-hybridized carbons (Fsp3) is 0.190. The molecular formula is C21H20INO. The summed E-state index contributed by atoms with van der Waals surface area (Å²) in [5, 5.41) is 5.56. The third-order valence-corrected chi connectivity index (χ3v) is 5.00. The van der Waals surface area contributed by atoms with Crippen molar-refractivity contribution in [3.8, 4) is 0 Å². The van der Waals surface area contributed by atoms with Crippen LogP contribution in [0.4, 0.5) is 0 Å². The van der Waals surface area contributed by atoms with Crippen LogP contribution in [0.15, 0.2) is 60.7 Å². The Morgan fingerprint density at radius 3 is 2.50 bits per heavy atom. The molecule has 0 fully saturated rings. The molecule has 3 aromatic carbocycles. The first-order valence-electron chi connectivity index (χ1n) is 7.95. The van der Waals surface area contributed by atoms with Crippen LogP contribution in [0.3, 0.4) is 0 Å². The number of hydrogen-bond donors (Lipinski definition) is 1. The molecule has 0 bridgehead atoms. The molecule has 0 aliphatic heterocycles. The van der Waals surface area contributed by atoms with Gasteiger partial charge in [0.25, 0.3) is 5.91 Å². The molecule has 3 rings (SSSR count). The maximum absolute atomic E-state index is 12.8. The van der Waals surface area contributed by atoms with Crippen molar-refractivity contribution in [1.29, 1.82) is 0 Å². The number of carbonyl (C=O) groups is 1. The summed E-state index contributed by atoms with van der Waals surface area (Å²) in [5.74, 6) is -0.0380. The summed E-state index contributed by atoms with van der Waals surface area (Å²) in [6, 6.07) is 20.4. The van der Waals surface area contributed by atoms with Crippen LogP contribution in [0.1, 0.15) is 35.3 Å². The normalized spacial score (nSPS) is 11.5. The Bertz CT molecular complexity index is 909. The van der Waals surface area contributed by atoms with Crippen LogP contribution in [-0.2, 0) is 5.54 Å². The smallest absolute Gasteiger partial charge is 0.252 e. The molecule has 2 nitrogen and oxygen atoms in total. The highest BCUT2D eigenvalue weighted by Gasteiger charge is 2.25. The Hall–Kier alpha value is -1.88. The molecule has 0 radical (unpaired) electrons. The van der Waals surface area contributed by atoms with Crippen molar-refractivity contribution >= 4 is 39.3 Å². The van der Waals surface area contributed by atoms with Gasteiger partial charge >= 0.3 is 0 Å². The summed E-state index contributed by atoms with van der Waals surface area (Å²) >= 11 is 2.24. The van der Waals surface area contributed by atoms with E-state index in [-0.39, 0.29) is 5.91 Å². The van der Waals surface area contributed by atoms with E-state index in [1.807, 2.05) is 43.3 Å². The molecule has 0 saturated carbocycles. The first kappa shape index (κ1) is 17.0. The molecule has 3 heteroatoms. The number of amides is 1. The Kier molecular flexibility index (Phi) is 4.63. The van der Waals surface area contributed by atoms with E-state index in [4.69, 9.17) is 0 Å². The van der Waals surface area contributed by atoms with E-state index in [2.05, 4.69) is 66.0 Å². The van der Waals surface area contributed by atoms with Crippen LogP contribution in [-0.4, -0.2) is 5.91 Å². The predicted octanol–water partition coefficient (Wildman–Crippen LogP) is 5.42. The molecule has 1 N–H and O–H groups in total. The topological polar surface area (TPSA) is 29.1 Å². The molecule has 0 spiro atoms. The molecule has 122 valence electrons. The van der Waals surface area contributed by atoms with Gasteiger partial charge in [0.15, 0.2) is 0 Å². The molecule has 1 amide bonds. The number of aryl methyl sites for hydroxylation is 1. The first-order valence-corrected chi connectivity index (χ1v) is 9.03. The van der Waals surface area contributed by atoms with Gasteiger partial charge in [0.05, 0.1) is 5.54 Å². The Balaban J connectivity index is 1.98. The zero-order valence-electron chi connectivity index (χ0n) is 14.1. The third kappa shape index (κ3) is 3.31. The number of carbonyl (C=O) groups excluding carboxylic acids is 1. The molecule has 0 unspecified atom stereocenters. The van der Waals surface area contributed by atoms with E-state index in [0.29, 0.717) is 0 Å². The molecule has 24 heavy (non-hydrogen) atoms. The largest absolute Gasteiger partial charge is 0.343 e. The SMILES string of the molecule is Cc1ccc(I)cc1C(=O)NC(C)(C)c1cccc2ccccc12. The Labute approximate surface area is 156 Å². The Morgan fingerprint density at radius 1 is 1.00 bits per heavy atom. The number of rotatable bonds is 3. The van der Waals surface area contributed by atoms with Gasteiger partial charge in [0.2, 0.25) is 0 Å². The fourth-order valence-electron chi connectivity index (χ4n) is 3.03. The molecule has 0 atom stereocenters. The van der Waals surface area contributed by atoms with Gasteiger partial charge in [-0.25, -0.2) is 0 Å². The van der Waals surface area contributed by atoms with Crippen LogP contribution in [0.2, 0.25) is 0 Å². The third-order valence-electron chi connectivity index (χ3n) is 4.33. The quantitative estimate of drug-likeness (QED) is 0.554. The average Bonchev–Trinajstić information content (AvgIpc) is 2.56. The van der Waals surface area contributed by atoms with Crippen molar-refractivity contribution in [2.24, 2.45) is 0 Å². The highest BCUT2D eigenvalue weighted by molar-refractivity contribution is 14.1. The molecule has 0 saturated heterocycles. The lowest BCUT2D eigenvalue weighted by Crippen LogP contribution is -2.41. The van der Waals surface area contributed by atoms with Gasteiger partial charge in [0, 0.05) is 9.13 Å². The zero-order valence-corrected chi connectivity index (χ0v) is 16.2. The van der Waals surface area contributed by atoms with Gasteiger partial charge in [-0.15, -0.1) is 0 Å². The standard InChI is InChI=1S/C21H20INO/c1-14-11-12-16(22)13-18(14)20(24)23-21(2,3)19-10-6-8-15-7-4-5-9-17(15)19/h4-13H,1-3H3,(H,23,24). The van der Waals surface area contributed by atoms with Gasteiger partial charge in [-0.2, -0.15) is 0 Å². The van der Waals surface area contributed by atoms with E-state index < -0.39 is 5.54 Å². The second-order valence-electron chi connectivity index (χ2n) is 6.57. The first-order chi connectivity index (χ1) is 11.4. The summed E-state index contributed by atoms with van der Waals surface area (Å²) in [7, 11) is 0. The van der Waals surface area contributed by atoms with Crippen molar-refractivity contribution in [2.75, 3.05) is 0 Å². The minimum atomic E-state index is -0.467. The van der Waals surface area contributed by atoms with Gasteiger partial charge in [-0.1, -0.05) is 48.5 Å². The van der Waals surface area contributed by atoms with Crippen molar-refractivity contribution < 1.29 is 4.79 Å². The maximum Gasteiger partial charge on any atom is 0.252 e. The van der Waals surface area contributed by atoms with Crippen molar-refractivity contribution in [1.82, 2.24) is 5.32 Å². The number of fused-ring (bicyclic) bond motifs is 1. The summed E-state index contributed by atoms with van der Waals surface area (Å²) in [6.45, 7) is 6.07. The lowest BCUT2D eigenvalue weighted by molar-refractivity contribution is 0.0912. The van der Waals surface area contributed by atoms with Gasteiger partial charge < -0.3 is 5.32 Å². The van der Waals surface area contributed by atoms with E-state index in [1.54, 1.807) is 0 Å². The van der Waals surface area contributed by atoms with E-state index in [1.165, 1.54) is 10.8 Å². The number of halogens is 1. The molecule has 0 heterocycles. The Morgan fingerprint density at radius 2 is 1.71 bits per heavy atom. The van der Waals surface area contributed by atoms with Gasteiger partial charge in [-0.05, 0) is 77.4 Å². The second kappa shape index (κ2) is 6.55. The summed E-state index contributed by atoms with van der Waals surface area (Å²) in [5.41, 5.74) is 2.38. The average molecular weight is 429 g/mol. The molecular weight excluding hydrogens is 409 g/mol. The fourth-order valence-corrected chi connectivity index (χ4v) is 3.52. The van der Waals surface area contributed by atoms with E-state index in [9.17, 15) is 4.79 Å². The minimum Gasteiger partial charge on any atom is -0.343 e. The lowest BCUT2D eigenvalue weighted by atomic mass is 9.89. The summed E-state index contributed by atoms with van der Waals surface area (Å²) in [6.07, 6.45) is 0. The highest BCUT2D eigenvalue weighted by Crippen LogP contribution is 2.29. The second-order valence-corrected chi connectivity index (χ2v) is 7.81. The van der Waals surface area contributed by atoms with Crippen molar-refractivity contribution in [3.05, 3.63) is 80.9 Å². The summed E-state index contributed by atoms with van der Waals surface area (Å²) in [4.78, 5) is 12.8. The summed E-state index contributed by atoms with van der Waals surface area (Å²) < 4.78 is 1.06. The lowest BCUT2D eigenvalue weighted by Gasteiger charge is -2.28. The monoisotopic (exact) mass is 429 g/mol. The van der Waals surface area contributed by atoms with Crippen LogP contribution in [0.25, 0.3) is 10.8 Å². The molecule has 0 aliphatic carbocycles. The minimum absolute atomic E-state index is 0.0380. The number of benzene rings is 3. The van der Waals surface area contributed by atoms with Crippen LogP contribution in [0.5, 0.6) is 0 Å². The molecule has 3 aromatic rings. The number of hydrogen-bond acceptors (Lipinski definition) is 1. The molecule has 0 aromatic heterocycles. The molecule has 0 aliphatic rings. The van der Waals surface area contributed by atoms with E-state index >= 15 is 0 Å². The van der Waals surface area contributed by atoms with Crippen LogP contribution in [0, 0.1) is 10.5 Å². The van der Waals surface area contributed by atoms with Crippen molar-refractivity contribution in [2.45, 2.75) is 26.3 Å². The number of nitrogens with one attached hydrogen (secondary N) is 1.